The van der Waals surface area contributed by atoms with Crippen molar-refractivity contribution < 1.29 is 0 Å². The minimum Gasteiger partial charge on any atom is -0.366 e. The van der Waals surface area contributed by atoms with E-state index in [2.05, 4.69) is 10.3 Å². The van der Waals surface area contributed by atoms with Crippen molar-refractivity contribution in [1.29, 1.82) is 0 Å². The number of hydrogen-bond donors (Lipinski definition) is 1. The number of hydrogen-bond acceptors (Lipinski definition) is 2. The molecule has 0 saturated heterocycles. The molecular formula is C9H11Cl3N2. The van der Waals surface area contributed by atoms with E-state index >= 15 is 0 Å². The maximum atomic E-state index is 5.93. The molecule has 0 bridgehead atoms. The standard InChI is InChI=1S/C9H11Cl3N2/c1-6(2-3-10)14-9-8(12)4-7(11)5-13-9/h4-6H,2-3H2,1H3,(H,13,14). The molecule has 1 unspecified atom stereocenters. The van der Waals surface area contributed by atoms with Crippen molar-refractivity contribution in [1.82, 2.24) is 4.98 Å². The van der Waals surface area contributed by atoms with Crippen LogP contribution >= 0.6 is 34.8 Å². The summed E-state index contributed by atoms with van der Waals surface area (Å²) in [6.07, 6.45) is 2.42. The molecule has 1 N–H and O–H groups in total. The van der Waals surface area contributed by atoms with Gasteiger partial charge < -0.3 is 5.32 Å². The van der Waals surface area contributed by atoms with Crippen molar-refractivity contribution in [2.75, 3.05) is 11.2 Å². The topological polar surface area (TPSA) is 24.9 Å². The molecule has 1 atom stereocenters. The smallest absolute Gasteiger partial charge is 0.145 e. The van der Waals surface area contributed by atoms with Crippen LogP contribution in [0.5, 0.6) is 0 Å². The van der Waals surface area contributed by atoms with Gasteiger partial charge in [-0.1, -0.05) is 23.2 Å². The third kappa shape index (κ3) is 3.52. The first-order valence-corrected chi connectivity index (χ1v) is 5.56. The van der Waals surface area contributed by atoms with Gasteiger partial charge in [-0.3, -0.25) is 0 Å². The molecule has 0 spiro atoms. The van der Waals surface area contributed by atoms with Gasteiger partial charge in [0, 0.05) is 18.1 Å². The second-order valence-electron chi connectivity index (χ2n) is 3.01. The van der Waals surface area contributed by atoms with Gasteiger partial charge in [-0.2, -0.15) is 0 Å². The first-order valence-electron chi connectivity index (χ1n) is 4.27. The van der Waals surface area contributed by atoms with Crippen LogP contribution in [-0.4, -0.2) is 16.9 Å². The van der Waals surface area contributed by atoms with Crippen LogP contribution in [0.1, 0.15) is 13.3 Å². The van der Waals surface area contributed by atoms with E-state index in [4.69, 9.17) is 34.8 Å². The van der Waals surface area contributed by atoms with Gasteiger partial charge >= 0.3 is 0 Å². The highest BCUT2D eigenvalue weighted by Crippen LogP contribution is 2.23. The fourth-order valence-electron chi connectivity index (χ4n) is 0.990. The predicted octanol–water partition coefficient (Wildman–Crippen LogP) is 3.82. The van der Waals surface area contributed by atoms with Crippen LogP contribution in [0.4, 0.5) is 5.82 Å². The zero-order chi connectivity index (χ0) is 10.6. The van der Waals surface area contributed by atoms with Gasteiger partial charge in [-0.15, -0.1) is 11.6 Å². The minimum absolute atomic E-state index is 0.249. The van der Waals surface area contributed by atoms with Crippen molar-refractivity contribution in [3.05, 3.63) is 22.3 Å². The predicted molar refractivity (Wildman–Crippen MR) is 62.7 cm³/mol. The fraction of sp³-hybridized carbons (Fsp3) is 0.444. The lowest BCUT2D eigenvalue weighted by Gasteiger charge is -2.13. The van der Waals surface area contributed by atoms with E-state index in [9.17, 15) is 0 Å². The molecule has 5 heteroatoms. The Kier molecular flexibility index (Phi) is 4.79. The highest BCUT2D eigenvalue weighted by atomic mass is 35.5. The Morgan fingerprint density at radius 2 is 2.21 bits per heavy atom. The van der Waals surface area contributed by atoms with E-state index in [1.807, 2.05) is 6.92 Å². The number of alkyl halides is 1. The summed E-state index contributed by atoms with van der Waals surface area (Å²) in [4.78, 5) is 4.08. The summed E-state index contributed by atoms with van der Waals surface area (Å²) in [6.45, 7) is 2.02. The second-order valence-corrected chi connectivity index (χ2v) is 4.23. The largest absolute Gasteiger partial charge is 0.366 e. The van der Waals surface area contributed by atoms with E-state index in [0.717, 1.165) is 6.42 Å². The highest BCUT2D eigenvalue weighted by molar-refractivity contribution is 6.35. The number of rotatable bonds is 4. The molecule has 1 aromatic rings. The van der Waals surface area contributed by atoms with Crippen molar-refractivity contribution in [3.8, 4) is 0 Å². The number of aromatic nitrogens is 1. The summed E-state index contributed by atoms with van der Waals surface area (Å²) in [5.74, 6) is 1.26. The average Bonchev–Trinajstić information content (AvgIpc) is 2.10. The van der Waals surface area contributed by atoms with E-state index in [1.165, 1.54) is 0 Å². The van der Waals surface area contributed by atoms with Crippen LogP contribution in [0, 0.1) is 0 Å². The zero-order valence-corrected chi connectivity index (χ0v) is 10.00. The Bertz CT molecular complexity index is 304. The summed E-state index contributed by atoms with van der Waals surface area (Å²) in [5.41, 5.74) is 0. The molecule has 0 aliphatic heterocycles. The molecule has 14 heavy (non-hydrogen) atoms. The quantitative estimate of drug-likeness (QED) is 0.825. The summed E-state index contributed by atoms with van der Waals surface area (Å²) in [7, 11) is 0. The Balaban J connectivity index is 2.67. The molecular weight excluding hydrogens is 242 g/mol. The third-order valence-electron chi connectivity index (χ3n) is 1.73. The lowest BCUT2D eigenvalue weighted by molar-refractivity contribution is 0.764. The molecule has 2 nitrogen and oxygen atoms in total. The summed E-state index contributed by atoms with van der Waals surface area (Å²) < 4.78 is 0. The lowest BCUT2D eigenvalue weighted by atomic mass is 10.2. The zero-order valence-electron chi connectivity index (χ0n) is 7.73. The Morgan fingerprint density at radius 1 is 1.50 bits per heavy atom. The first-order chi connectivity index (χ1) is 6.63. The molecule has 1 rings (SSSR count). The Labute approximate surface area is 98.6 Å². The molecule has 0 aliphatic carbocycles. The van der Waals surface area contributed by atoms with E-state index in [-0.39, 0.29) is 6.04 Å². The Hall–Kier alpha value is -0.180. The van der Waals surface area contributed by atoms with E-state index in [1.54, 1.807) is 12.3 Å². The van der Waals surface area contributed by atoms with Crippen LogP contribution in [0.3, 0.4) is 0 Å². The SMILES string of the molecule is CC(CCCl)Nc1ncc(Cl)cc1Cl. The van der Waals surface area contributed by atoms with Crippen LogP contribution < -0.4 is 5.32 Å². The molecule has 0 aliphatic rings. The maximum Gasteiger partial charge on any atom is 0.145 e. The molecule has 0 saturated carbocycles. The summed E-state index contributed by atoms with van der Waals surface area (Å²) in [6, 6.07) is 1.91. The minimum atomic E-state index is 0.249. The maximum absolute atomic E-state index is 5.93. The number of anilines is 1. The molecule has 0 amide bonds. The number of pyridine rings is 1. The molecule has 1 aromatic heterocycles. The van der Waals surface area contributed by atoms with Crippen LogP contribution in [-0.2, 0) is 0 Å². The highest BCUT2D eigenvalue weighted by Gasteiger charge is 2.06. The number of nitrogens with one attached hydrogen (secondary N) is 1. The van der Waals surface area contributed by atoms with E-state index in [0.29, 0.717) is 21.7 Å². The molecule has 0 fully saturated rings. The third-order valence-corrected chi connectivity index (χ3v) is 2.45. The van der Waals surface area contributed by atoms with Crippen LogP contribution in [0.25, 0.3) is 0 Å². The first kappa shape index (κ1) is 11.9. The molecule has 78 valence electrons. The van der Waals surface area contributed by atoms with Crippen molar-refractivity contribution >= 4 is 40.6 Å². The second kappa shape index (κ2) is 5.64. The fourth-order valence-corrected chi connectivity index (χ4v) is 1.75. The Morgan fingerprint density at radius 3 is 2.79 bits per heavy atom. The summed E-state index contributed by atoms with van der Waals surface area (Å²) >= 11 is 17.3. The monoisotopic (exact) mass is 252 g/mol. The van der Waals surface area contributed by atoms with Gasteiger partial charge in [-0.05, 0) is 19.4 Å². The lowest BCUT2D eigenvalue weighted by Crippen LogP contribution is -2.16. The van der Waals surface area contributed by atoms with Crippen molar-refractivity contribution in [2.24, 2.45) is 0 Å². The molecule has 0 aromatic carbocycles. The van der Waals surface area contributed by atoms with E-state index < -0.39 is 0 Å². The van der Waals surface area contributed by atoms with Gasteiger partial charge in [0.25, 0.3) is 0 Å². The van der Waals surface area contributed by atoms with Gasteiger partial charge in [0.2, 0.25) is 0 Å². The number of halogens is 3. The van der Waals surface area contributed by atoms with Crippen molar-refractivity contribution in [3.63, 3.8) is 0 Å². The summed E-state index contributed by atoms with van der Waals surface area (Å²) in [5, 5.41) is 4.21. The van der Waals surface area contributed by atoms with Crippen LogP contribution in [0.15, 0.2) is 12.3 Å². The average molecular weight is 254 g/mol. The van der Waals surface area contributed by atoms with Gasteiger partial charge in [-0.25, -0.2) is 4.98 Å². The number of nitrogens with zero attached hydrogens (tertiary/aromatic N) is 1. The van der Waals surface area contributed by atoms with Gasteiger partial charge in [0.15, 0.2) is 0 Å². The van der Waals surface area contributed by atoms with Crippen molar-refractivity contribution in [2.45, 2.75) is 19.4 Å². The molecule has 1 heterocycles. The van der Waals surface area contributed by atoms with Gasteiger partial charge in [0.05, 0.1) is 10.0 Å². The normalized spacial score (nSPS) is 12.6. The van der Waals surface area contributed by atoms with Gasteiger partial charge in [0.1, 0.15) is 5.82 Å². The molecule has 0 radical (unpaired) electrons. The van der Waals surface area contributed by atoms with Crippen LogP contribution in [0.2, 0.25) is 10.0 Å².